The van der Waals surface area contributed by atoms with Gasteiger partial charge in [0.1, 0.15) is 0 Å². The van der Waals surface area contributed by atoms with Crippen molar-refractivity contribution in [3.05, 3.63) is 22.8 Å². The number of hydrogen-bond donors (Lipinski definition) is 2. The van der Waals surface area contributed by atoms with Gasteiger partial charge in [0.15, 0.2) is 11.5 Å². The van der Waals surface area contributed by atoms with Crippen LogP contribution >= 0.6 is 0 Å². The maximum absolute atomic E-state index is 12.6. The molecule has 1 fully saturated rings. The molecule has 2 aliphatic carbocycles. The standard InChI is InChI=1S/C21H30O4/c1-12(2)14-11-13-7-8-15-20(3,4)9-6-10-21(15,19(23)24)16(13)17(22)18(14)25-5/h11-12,15,22H,6-10H2,1-5H3,(H,23,24)/t15-,21-/m0/s1. The van der Waals surface area contributed by atoms with E-state index in [4.69, 9.17) is 4.74 Å². The number of carbonyl (C=O) groups is 1. The summed E-state index contributed by atoms with van der Waals surface area (Å²) >= 11 is 0. The fraction of sp³-hybridized carbons (Fsp3) is 0.667. The first kappa shape index (κ1) is 18.1. The molecule has 4 nitrogen and oxygen atoms in total. The molecule has 0 aliphatic heterocycles. The third kappa shape index (κ3) is 2.44. The molecule has 0 radical (unpaired) electrons. The van der Waals surface area contributed by atoms with Crippen molar-refractivity contribution < 1.29 is 19.7 Å². The molecule has 1 aromatic carbocycles. The Hall–Kier alpha value is -1.71. The van der Waals surface area contributed by atoms with E-state index in [9.17, 15) is 15.0 Å². The summed E-state index contributed by atoms with van der Waals surface area (Å²) in [5.41, 5.74) is 1.49. The smallest absolute Gasteiger partial charge is 0.314 e. The molecule has 0 spiro atoms. The van der Waals surface area contributed by atoms with Crippen molar-refractivity contribution in [2.24, 2.45) is 11.3 Å². The van der Waals surface area contributed by atoms with E-state index in [2.05, 4.69) is 33.8 Å². The topological polar surface area (TPSA) is 66.8 Å². The summed E-state index contributed by atoms with van der Waals surface area (Å²) in [6.07, 6.45) is 4.15. The molecule has 1 saturated carbocycles. The number of carboxylic acids is 1. The number of aromatic hydroxyl groups is 1. The molecule has 3 rings (SSSR count). The number of fused-ring (bicyclic) bond motifs is 3. The van der Waals surface area contributed by atoms with Crippen LogP contribution in [-0.2, 0) is 16.6 Å². The molecular formula is C21H30O4. The fourth-order valence-electron chi connectivity index (χ4n) is 5.50. The van der Waals surface area contributed by atoms with E-state index >= 15 is 0 Å². The summed E-state index contributed by atoms with van der Waals surface area (Å²) in [6, 6.07) is 2.07. The van der Waals surface area contributed by atoms with Crippen LogP contribution in [0.3, 0.4) is 0 Å². The quantitative estimate of drug-likeness (QED) is 0.838. The maximum atomic E-state index is 12.6. The first-order valence-electron chi connectivity index (χ1n) is 9.33. The maximum Gasteiger partial charge on any atom is 0.314 e. The highest BCUT2D eigenvalue weighted by atomic mass is 16.5. The van der Waals surface area contributed by atoms with Gasteiger partial charge in [-0.05, 0) is 48.5 Å². The summed E-state index contributed by atoms with van der Waals surface area (Å²) in [5, 5.41) is 21.4. The Morgan fingerprint density at radius 2 is 2.00 bits per heavy atom. The van der Waals surface area contributed by atoms with Crippen molar-refractivity contribution in [2.75, 3.05) is 7.11 Å². The molecular weight excluding hydrogens is 316 g/mol. The summed E-state index contributed by atoms with van der Waals surface area (Å²) in [6.45, 7) is 8.48. The predicted molar refractivity (Wildman–Crippen MR) is 97.5 cm³/mol. The van der Waals surface area contributed by atoms with E-state index in [1.54, 1.807) is 7.11 Å². The molecule has 1 aromatic rings. The van der Waals surface area contributed by atoms with Crippen LogP contribution in [0.4, 0.5) is 0 Å². The van der Waals surface area contributed by atoms with Crippen LogP contribution in [0.15, 0.2) is 6.07 Å². The van der Waals surface area contributed by atoms with E-state index in [0.29, 0.717) is 17.7 Å². The van der Waals surface area contributed by atoms with Gasteiger partial charge in [-0.3, -0.25) is 4.79 Å². The Kier molecular flexibility index (Phi) is 4.29. The van der Waals surface area contributed by atoms with Gasteiger partial charge in [0.25, 0.3) is 0 Å². The number of methoxy groups -OCH3 is 1. The van der Waals surface area contributed by atoms with E-state index < -0.39 is 11.4 Å². The summed E-state index contributed by atoms with van der Waals surface area (Å²) in [4.78, 5) is 12.6. The molecule has 0 heterocycles. The Bertz CT molecular complexity index is 704. The second-order valence-electron chi connectivity index (χ2n) is 8.75. The van der Waals surface area contributed by atoms with Crippen molar-refractivity contribution in [2.45, 2.75) is 71.1 Å². The van der Waals surface area contributed by atoms with Gasteiger partial charge in [0, 0.05) is 11.1 Å². The number of phenolic OH excluding ortho intramolecular Hbond substituents is 1. The minimum absolute atomic E-state index is 0.0271. The lowest BCUT2D eigenvalue weighted by Gasteiger charge is -2.53. The van der Waals surface area contributed by atoms with Gasteiger partial charge in [-0.25, -0.2) is 0 Å². The molecule has 2 aliphatic rings. The fourth-order valence-corrected chi connectivity index (χ4v) is 5.50. The third-order valence-corrected chi connectivity index (χ3v) is 6.65. The summed E-state index contributed by atoms with van der Waals surface area (Å²) < 4.78 is 5.52. The number of phenols is 1. The molecule has 0 amide bonds. The van der Waals surface area contributed by atoms with Gasteiger partial charge in [-0.1, -0.05) is 40.2 Å². The van der Waals surface area contributed by atoms with Gasteiger partial charge < -0.3 is 14.9 Å². The van der Waals surface area contributed by atoms with Crippen LogP contribution in [-0.4, -0.2) is 23.3 Å². The number of carboxylic acid groups (broad SMARTS) is 1. The van der Waals surface area contributed by atoms with Crippen molar-refractivity contribution >= 4 is 5.97 Å². The second kappa shape index (κ2) is 5.93. The third-order valence-electron chi connectivity index (χ3n) is 6.65. The van der Waals surface area contributed by atoms with Gasteiger partial charge in [0.05, 0.1) is 12.5 Å². The molecule has 2 atom stereocenters. The van der Waals surface area contributed by atoms with Gasteiger partial charge >= 0.3 is 5.97 Å². The Labute approximate surface area is 150 Å². The van der Waals surface area contributed by atoms with E-state index in [1.165, 1.54) is 0 Å². The van der Waals surface area contributed by atoms with E-state index in [1.807, 2.05) is 0 Å². The van der Waals surface area contributed by atoms with Crippen LogP contribution in [0.25, 0.3) is 0 Å². The molecule has 2 N–H and O–H groups in total. The lowest BCUT2D eigenvalue weighted by molar-refractivity contribution is -0.152. The number of aliphatic carboxylic acids is 1. The summed E-state index contributed by atoms with van der Waals surface area (Å²) in [7, 11) is 1.55. The highest BCUT2D eigenvalue weighted by Gasteiger charge is 2.58. The zero-order valence-electron chi connectivity index (χ0n) is 16.0. The van der Waals surface area contributed by atoms with Crippen LogP contribution < -0.4 is 4.74 Å². The van der Waals surface area contributed by atoms with Crippen molar-refractivity contribution in [3.63, 3.8) is 0 Å². The minimum Gasteiger partial charge on any atom is -0.504 e. The highest BCUT2D eigenvalue weighted by Crippen LogP contribution is 2.60. The van der Waals surface area contributed by atoms with Crippen molar-refractivity contribution in [1.82, 2.24) is 0 Å². The first-order chi connectivity index (χ1) is 11.7. The van der Waals surface area contributed by atoms with Crippen LogP contribution in [0.1, 0.15) is 76.0 Å². The van der Waals surface area contributed by atoms with Crippen LogP contribution in [0.5, 0.6) is 11.5 Å². The van der Waals surface area contributed by atoms with E-state index in [-0.39, 0.29) is 23.0 Å². The van der Waals surface area contributed by atoms with Gasteiger partial charge in [-0.2, -0.15) is 0 Å². The largest absolute Gasteiger partial charge is 0.504 e. The Morgan fingerprint density at radius 3 is 2.56 bits per heavy atom. The normalized spacial score (nSPS) is 27.5. The molecule has 25 heavy (non-hydrogen) atoms. The molecule has 0 bridgehead atoms. The Balaban J connectivity index is 2.32. The first-order valence-corrected chi connectivity index (χ1v) is 9.33. The summed E-state index contributed by atoms with van der Waals surface area (Å²) in [5.74, 6) is -0.0838. The Morgan fingerprint density at radius 1 is 1.32 bits per heavy atom. The van der Waals surface area contributed by atoms with Crippen molar-refractivity contribution in [1.29, 1.82) is 0 Å². The van der Waals surface area contributed by atoms with Crippen LogP contribution in [0, 0.1) is 11.3 Å². The average Bonchev–Trinajstić information content (AvgIpc) is 2.53. The average molecular weight is 346 g/mol. The SMILES string of the molecule is COc1c(C(C)C)cc2c(c1O)[C@]1(C(=O)O)CCCC(C)(C)[C@@H]1CC2. The second-order valence-corrected chi connectivity index (χ2v) is 8.75. The number of benzene rings is 1. The highest BCUT2D eigenvalue weighted by molar-refractivity contribution is 5.85. The van der Waals surface area contributed by atoms with Gasteiger partial charge in [-0.15, -0.1) is 0 Å². The lowest BCUT2D eigenvalue weighted by atomic mass is 9.49. The number of rotatable bonds is 3. The van der Waals surface area contributed by atoms with Gasteiger partial charge in [0.2, 0.25) is 0 Å². The molecule has 0 unspecified atom stereocenters. The number of ether oxygens (including phenoxy) is 1. The molecule has 138 valence electrons. The number of hydrogen-bond acceptors (Lipinski definition) is 3. The van der Waals surface area contributed by atoms with Crippen LogP contribution in [0.2, 0.25) is 0 Å². The lowest BCUT2D eigenvalue weighted by Crippen LogP contribution is -2.54. The molecule has 0 aromatic heterocycles. The zero-order chi connectivity index (χ0) is 18.6. The van der Waals surface area contributed by atoms with Crippen molar-refractivity contribution in [3.8, 4) is 11.5 Å². The number of aryl methyl sites for hydroxylation is 1. The monoisotopic (exact) mass is 346 g/mol. The zero-order valence-corrected chi connectivity index (χ0v) is 16.0. The molecule has 4 heteroatoms. The predicted octanol–water partition coefficient (Wildman–Crippen LogP) is 4.62. The van der Waals surface area contributed by atoms with E-state index in [0.717, 1.165) is 36.8 Å². The minimum atomic E-state index is -1.01. The molecule has 0 saturated heterocycles.